The lowest BCUT2D eigenvalue weighted by molar-refractivity contribution is -0.135. The molecular weight excluding hydrogens is 360 g/mol. The van der Waals surface area contributed by atoms with E-state index in [0.717, 1.165) is 36.7 Å². The summed E-state index contributed by atoms with van der Waals surface area (Å²) in [5.74, 6) is 2.32. The summed E-state index contributed by atoms with van der Waals surface area (Å²) in [6.07, 6.45) is 6.10. The molecule has 1 unspecified atom stereocenters. The van der Waals surface area contributed by atoms with Crippen molar-refractivity contribution in [1.29, 1.82) is 0 Å². The van der Waals surface area contributed by atoms with Gasteiger partial charge in [-0.15, -0.1) is 0 Å². The molecule has 4 atom stereocenters. The number of hydrogen-bond donors (Lipinski definition) is 2. The molecule has 4 nitrogen and oxygen atoms in total. The summed E-state index contributed by atoms with van der Waals surface area (Å²) >= 11 is 6.22. The Bertz CT molecular complexity index is 734. The third-order valence-corrected chi connectivity index (χ3v) is 7.26. The van der Waals surface area contributed by atoms with Gasteiger partial charge in [0.15, 0.2) is 0 Å². The van der Waals surface area contributed by atoms with Crippen molar-refractivity contribution < 1.29 is 9.59 Å². The van der Waals surface area contributed by atoms with Crippen LogP contribution in [-0.4, -0.2) is 17.4 Å². The number of carbonyl (C=O) groups is 2. The number of amides is 2. The van der Waals surface area contributed by atoms with Gasteiger partial charge in [0.25, 0.3) is 0 Å². The van der Waals surface area contributed by atoms with Crippen molar-refractivity contribution in [3.8, 4) is 0 Å². The number of hydrogen-bond acceptors (Lipinski definition) is 2. The molecule has 2 amide bonds. The van der Waals surface area contributed by atoms with Crippen LogP contribution in [0.2, 0.25) is 5.02 Å². The molecule has 1 aromatic rings. The topological polar surface area (TPSA) is 58.2 Å². The Kier molecular flexibility index (Phi) is 4.96. The molecule has 0 spiro atoms. The van der Waals surface area contributed by atoms with Gasteiger partial charge < -0.3 is 10.6 Å². The largest absolute Gasteiger partial charge is 0.351 e. The lowest BCUT2D eigenvalue weighted by Gasteiger charge is -2.47. The Morgan fingerprint density at radius 2 is 1.93 bits per heavy atom. The molecule has 1 aromatic carbocycles. The van der Waals surface area contributed by atoms with Gasteiger partial charge in [-0.3, -0.25) is 9.59 Å². The minimum absolute atomic E-state index is 0.0160. The van der Waals surface area contributed by atoms with E-state index in [1.807, 2.05) is 18.2 Å². The van der Waals surface area contributed by atoms with E-state index < -0.39 is 0 Å². The fourth-order valence-electron chi connectivity index (χ4n) is 5.40. The van der Waals surface area contributed by atoms with Crippen LogP contribution in [-0.2, 0) is 9.59 Å². The molecule has 27 heavy (non-hydrogen) atoms. The fourth-order valence-corrected chi connectivity index (χ4v) is 5.60. The standard InChI is InChI=1S/C22H29ClN2O2/c1-3-22(25-13(2)26)11-18(12-22)21(27)24-20(14-5-4-6-19(23)10-14)17-8-15-7-16(15)9-17/h4-6,10,15-18,20H,3,7-9,11-12H2,1-2H3,(H,24,27)(H,25,26)/t15-,16+,17?,18?,20-,22?/m0/s1. The number of benzene rings is 1. The van der Waals surface area contributed by atoms with E-state index >= 15 is 0 Å². The Morgan fingerprint density at radius 3 is 2.52 bits per heavy atom. The van der Waals surface area contributed by atoms with Gasteiger partial charge in [0.1, 0.15) is 0 Å². The second-order valence-corrected chi connectivity index (χ2v) is 9.39. The second kappa shape index (κ2) is 7.12. The maximum atomic E-state index is 13.0. The molecule has 0 bridgehead atoms. The minimum Gasteiger partial charge on any atom is -0.351 e. The molecule has 0 radical (unpaired) electrons. The zero-order valence-electron chi connectivity index (χ0n) is 16.1. The minimum atomic E-state index is -0.200. The first-order valence-corrected chi connectivity index (χ1v) is 10.6. The lowest BCUT2D eigenvalue weighted by atomic mass is 9.66. The summed E-state index contributed by atoms with van der Waals surface area (Å²) in [4.78, 5) is 24.4. The van der Waals surface area contributed by atoms with Gasteiger partial charge in [0, 0.05) is 23.4 Å². The molecule has 3 aliphatic carbocycles. The molecule has 146 valence electrons. The summed E-state index contributed by atoms with van der Waals surface area (Å²) in [6, 6.07) is 7.96. The van der Waals surface area contributed by atoms with Gasteiger partial charge >= 0.3 is 0 Å². The van der Waals surface area contributed by atoms with Crippen LogP contribution in [0.25, 0.3) is 0 Å². The van der Waals surface area contributed by atoms with E-state index in [4.69, 9.17) is 11.6 Å². The zero-order valence-corrected chi connectivity index (χ0v) is 16.9. The number of carbonyl (C=O) groups excluding carboxylic acids is 2. The maximum Gasteiger partial charge on any atom is 0.223 e. The molecule has 0 saturated heterocycles. The molecule has 0 aliphatic heterocycles. The Balaban J connectivity index is 1.44. The van der Waals surface area contributed by atoms with Gasteiger partial charge in [-0.2, -0.15) is 0 Å². The van der Waals surface area contributed by atoms with E-state index in [9.17, 15) is 9.59 Å². The highest BCUT2D eigenvalue weighted by atomic mass is 35.5. The van der Waals surface area contributed by atoms with E-state index in [1.165, 1.54) is 19.3 Å². The molecule has 2 N–H and O–H groups in total. The quantitative estimate of drug-likeness (QED) is 0.765. The Labute approximate surface area is 166 Å². The van der Waals surface area contributed by atoms with Crippen molar-refractivity contribution in [2.45, 2.75) is 64.0 Å². The highest BCUT2D eigenvalue weighted by molar-refractivity contribution is 6.30. The predicted molar refractivity (Wildman–Crippen MR) is 106 cm³/mol. The molecule has 0 heterocycles. The van der Waals surface area contributed by atoms with E-state index in [-0.39, 0.29) is 29.3 Å². The fraction of sp³-hybridized carbons (Fsp3) is 0.636. The number of halogens is 1. The van der Waals surface area contributed by atoms with Crippen LogP contribution in [0.5, 0.6) is 0 Å². The summed E-state index contributed by atoms with van der Waals surface area (Å²) < 4.78 is 0. The van der Waals surface area contributed by atoms with Crippen molar-refractivity contribution >= 4 is 23.4 Å². The highest BCUT2D eigenvalue weighted by Gasteiger charge is 2.50. The van der Waals surface area contributed by atoms with Crippen LogP contribution in [0, 0.1) is 23.7 Å². The SMILES string of the molecule is CCC1(NC(C)=O)CC(C(=O)N[C@@H](c2cccc(Cl)c2)C2C[C@@H]3C[C@@H]3C2)C1. The molecule has 4 rings (SSSR count). The van der Waals surface area contributed by atoms with E-state index in [0.29, 0.717) is 10.9 Å². The summed E-state index contributed by atoms with van der Waals surface area (Å²) in [6.45, 7) is 3.62. The van der Waals surface area contributed by atoms with Gasteiger partial charge in [0.2, 0.25) is 11.8 Å². The second-order valence-electron chi connectivity index (χ2n) is 8.95. The van der Waals surface area contributed by atoms with Crippen LogP contribution in [0.15, 0.2) is 24.3 Å². The molecule has 0 aromatic heterocycles. The van der Waals surface area contributed by atoms with Crippen LogP contribution in [0.4, 0.5) is 0 Å². The molecule has 3 fully saturated rings. The summed E-state index contributed by atoms with van der Waals surface area (Å²) in [5.41, 5.74) is 0.916. The van der Waals surface area contributed by atoms with Gasteiger partial charge in [-0.05, 0) is 74.0 Å². The molecular formula is C22H29ClN2O2. The number of nitrogens with one attached hydrogen (secondary N) is 2. The third-order valence-electron chi connectivity index (χ3n) is 7.02. The van der Waals surface area contributed by atoms with Gasteiger partial charge in [-0.1, -0.05) is 30.7 Å². The summed E-state index contributed by atoms with van der Waals surface area (Å²) in [5, 5.41) is 7.12. The van der Waals surface area contributed by atoms with E-state index in [1.54, 1.807) is 6.92 Å². The Morgan fingerprint density at radius 1 is 1.22 bits per heavy atom. The molecule has 3 aliphatic rings. The summed E-state index contributed by atoms with van der Waals surface area (Å²) in [7, 11) is 0. The molecule has 3 saturated carbocycles. The lowest BCUT2D eigenvalue weighted by Crippen LogP contribution is -2.59. The van der Waals surface area contributed by atoms with Crippen molar-refractivity contribution in [3.05, 3.63) is 34.9 Å². The van der Waals surface area contributed by atoms with Gasteiger partial charge in [-0.25, -0.2) is 0 Å². The normalized spacial score (nSPS) is 34.9. The van der Waals surface area contributed by atoms with Gasteiger partial charge in [0.05, 0.1) is 6.04 Å². The maximum absolute atomic E-state index is 13.0. The average Bonchev–Trinajstić information content (AvgIpc) is 3.20. The number of fused-ring (bicyclic) bond motifs is 1. The van der Waals surface area contributed by atoms with Crippen molar-refractivity contribution in [1.82, 2.24) is 10.6 Å². The van der Waals surface area contributed by atoms with Crippen molar-refractivity contribution in [2.75, 3.05) is 0 Å². The van der Waals surface area contributed by atoms with Crippen LogP contribution >= 0.6 is 11.6 Å². The predicted octanol–water partition coefficient (Wildman–Crippen LogP) is 4.24. The first kappa shape index (κ1) is 18.8. The van der Waals surface area contributed by atoms with Crippen LogP contribution in [0.3, 0.4) is 0 Å². The first-order chi connectivity index (χ1) is 12.9. The molecule has 5 heteroatoms. The van der Waals surface area contributed by atoms with Crippen molar-refractivity contribution in [2.24, 2.45) is 23.7 Å². The third kappa shape index (κ3) is 3.87. The number of rotatable bonds is 6. The average molecular weight is 389 g/mol. The smallest absolute Gasteiger partial charge is 0.223 e. The van der Waals surface area contributed by atoms with Crippen LogP contribution < -0.4 is 10.6 Å². The first-order valence-electron chi connectivity index (χ1n) is 10.2. The highest BCUT2D eigenvalue weighted by Crippen LogP contribution is 2.57. The van der Waals surface area contributed by atoms with Crippen molar-refractivity contribution in [3.63, 3.8) is 0 Å². The van der Waals surface area contributed by atoms with Crippen LogP contribution in [0.1, 0.15) is 64.0 Å². The van der Waals surface area contributed by atoms with E-state index in [2.05, 4.69) is 23.6 Å². The zero-order chi connectivity index (χ0) is 19.2. The monoisotopic (exact) mass is 388 g/mol. The Hall–Kier alpha value is -1.55.